The van der Waals surface area contributed by atoms with Crippen LogP contribution < -0.4 is 9.47 Å². The van der Waals surface area contributed by atoms with Crippen molar-refractivity contribution < 1.29 is 18.7 Å². The molecule has 0 aromatic heterocycles. The maximum Gasteiger partial charge on any atom is 0.257 e. The number of methoxy groups -OCH3 is 1. The van der Waals surface area contributed by atoms with Crippen LogP contribution in [0.25, 0.3) is 0 Å². The Labute approximate surface area is 139 Å². The normalized spacial score (nSPS) is 10.3. The highest BCUT2D eigenvalue weighted by molar-refractivity contribution is 6.31. The fourth-order valence-corrected chi connectivity index (χ4v) is 2.18. The number of likely N-dealkylation sites (N-methyl/N-ethyl adjacent to an activating group) is 1. The molecule has 23 heavy (non-hydrogen) atoms. The van der Waals surface area contributed by atoms with E-state index in [0.717, 1.165) is 0 Å². The molecule has 0 radical (unpaired) electrons. The summed E-state index contributed by atoms with van der Waals surface area (Å²) in [5, 5.41) is 0.449. The number of hydrogen-bond donors (Lipinski definition) is 0. The van der Waals surface area contributed by atoms with Crippen LogP contribution in [0.15, 0.2) is 42.5 Å². The lowest BCUT2D eigenvalue weighted by molar-refractivity contribution is 0.0769. The van der Waals surface area contributed by atoms with Gasteiger partial charge in [0.25, 0.3) is 5.91 Å². The first kappa shape index (κ1) is 17.1. The molecule has 122 valence electrons. The molecule has 0 bridgehead atoms. The highest BCUT2D eigenvalue weighted by Crippen LogP contribution is 2.23. The van der Waals surface area contributed by atoms with Crippen molar-refractivity contribution in [1.29, 1.82) is 0 Å². The van der Waals surface area contributed by atoms with Gasteiger partial charge in [0.15, 0.2) is 11.6 Å². The van der Waals surface area contributed by atoms with Crippen molar-refractivity contribution in [3.63, 3.8) is 0 Å². The quantitative estimate of drug-likeness (QED) is 0.807. The number of benzene rings is 2. The van der Waals surface area contributed by atoms with E-state index >= 15 is 0 Å². The molecule has 2 rings (SSSR count). The summed E-state index contributed by atoms with van der Waals surface area (Å²) in [7, 11) is 3.12. The summed E-state index contributed by atoms with van der Waals surface area (Å²) < 4.78 is 24.0. The lowest BCUT2D eigenvalue weighted by Gasteiger charge is -2.19. The van der Waals surface area contributed by atoms with E-state index in [0.29, 0.717) is 22.9 Å². The number of rotatable bonds is 6. The summed E-state index contributed by atoms with van der Waals surface area (Å²) >= 11 is 5.93. The SMILES string of the molecule is COc1ccc(Cl)cc1C(=O)N(C)CCOc1ccccc1F. The average Bonchev–Trinajstić information content (AvgIpc) is 2.55. The van der Waals surface area contributed by atoms with Gasteiger partial charge >= 0.3 is 0 Å². The third-order valence-corrected chi connectivity index (χ3v) is 3.49. The van der Waals surface area contributed by atoms with Crippen molar-refractivity contribution in [1.82, 2.24) is 4.90 Å². The van der Waals surface area contributed by atoms with Crippen LogP contribution >= 0.6 is 11.6 Å². The van der Waals surface area contributed by atoms with Crippen LogP contribution in [-0.4, -0.2) is 38.1 Å². The molecule has 0 saturated heterocycles. The molecule has 0 aliphatic rings. The Bertz CT molecular complexity index is 693. The van der Waals surface area contributed by atoms with Gasteiger partial charge in [0, 0.05) is 12.1 Å². The van der Waals surface area contributed by atoms with Gasteiger partial charge in [-0.05, 0) is 30.3 Å². The first-order valence-corrected chi connectivity index (χ1v) is 7.37. The fraction of sp³-hybridized carbons (Fsp3) is 0.235. The van der Waals surface area contributed by atoms with Crippen LogP contribution in [0.4, 0.5) is 4.39 Å². The minimum Gasteiger partial charge on any atom is -0.496 e. The summed E-state index contributed by atoms with van der Waals surface area (Å²) in [4.78, 5) is 13.9. The lowest BCUT2D eigenvalue weighted by atomic mass is 10.1. The smallest absolute Gasteiger partial charge is 0.257 e. The number of para-hydroxylation sites is 1. The number of ether oxygens (including phenoxy) is 2. The monoisotopic (exact) mass is 337 g/mol. The van der Waals surface area contributed by atoms with E-state index in [1.165, 1.54) is 24.1 Å². The Morgan fingerprint density at radius 3 is 2.65 bits per heavy atom. The number of nitrogens with zero attached hydrogens (tertiary/aromatic N) is 1. The summed E-state index contributed by atoms with van der Waals surface area (Å²) in [6.45, 7) is 0.467. The minimum atomic E-state index is -0.432. The van der Waals surface area contributed by atoms with Gasteiger partial charge in [0.2, 0.25) is 0 Å². The minimum absolute atomic E-state index is 0.161. The van der Waals surface area contributed by atoms with Gasteiger partial charge in [0.1, 0.15) is 12.4 Å². The maximum absolute atomic E-state index is 13.4. The number of hydrogen-bond acceptors (Lipinski definition) is 3. The highest BCUT2D eigenvalue weighted by atomic mass is 35.5. The highest BCUT2D eigenvalue weighted by Gasteiger charge is 2.17. The lowest BCUT2D eigenvalue weighted by Crippen LogP contribution is -2.31. The van der Waals surface area contributed by atoms with E-state index in [9.17, 15) is 9.18 Å². The fourth-order valence-electron chi connectivity index (χ4n) is 2.01. The molecule has 0 unspecified atom stereocenters. The molecule has 2 aromatic carbocycles. The zero-order valence-corrected chi connectivity index (χ0v) is 13.6. The van der Waals surface area contributed by atoms with E-state index in [-0.39, 0.29) is 18.3 Å². The van der Waals surface area contributed by atoms with Gasteiger partial charge in [-0.1, -0.05) is 23.7 Å². The second-order valence-electron chi connectivity index (χ2n) is 4.85. The van der Waals surface area contributed by atoms with Crippen LogP contribution in [0.3, 0.4) is 0 Å². The Balaban J connectivity index is 1.98. The van der Waals surface area contributed by atoms with Gasteiger partial charge in [-0.25, -0.2) is 4.39 Å². The Morgan fingerprint density at radius 1 is 1.22 bits per heavy atom. The largest absolute Gasteiger partial charge is 0.496 e. The molecule has 0 fully saturated rings. The standard InChI is InChI=1S/C17H17ClFNO3/c1-20(9-10-23-16-6-4-3-5-14(16)19)17(21)13-11-12(18)7-8-15(13)22-2/h3-8,11H,9-10H2,1-2H3. The molecular formula is C17H17ClFNO3. The van der Waals surface area contributed by atoms with E-state index < -0.39 is 5.82 Å². The van der Waals surface area contributed by atoms with Gasteiger partial charge in [0.05, 0.1) is 19.2 Å². The molecule has 0 aliphatic carbocycles. The van der Waals surface area contributed by atoms with Crippen molar-refractivity contribution in [3.8, 4) is 11.5 Å². The Morgan fingerprint density at radius 2 is 1.96 bits per heavy atom. The number of carbonyl (C=O) groups excluding carboxylic acids is 1. The third-order valence-electron chi connectivity index (χ3n) is 3.26. The van der Waals surface area contributed by atoms with Crippen LogP contribution in [0.1, 0.15) is 10.4 Å². The molecule has 0 saturated carbocycles. The summed E-state index contributed by atoms with van der Waals surface area (Å²) in [5.74, 6) is -0.0746. The van der Waals surface area contributed by atoms with Crippen molar-refractivity contribution in [3.05, 3.63) is 58.9 Å². The van der Waals surface area contributed by atoms with Crippen molar-refractivity contribution in [2.45, 2.75) is 0 Å². The predicted octanol–water partition coefficient (Wildman–Crippen LogP) is 3.64. The Kier molecular flexibility index (Phi) is 5.82. The van der Waals surface area contributed by atoms with E-state index in [1.54, 1.807) is 37.4 Å². The van der Waals surface area contributed by atoms with Crippen LogP contribution in [-0.2, 0) is 0 Å². The van der Waals surface area contributed by atoms with E-state index in [2.05, 4.69) is 0 Å². The molecule has 0 atom stereocenters. The van der Waals surface area contributed by atoms with Gasteiger partial charge < -0.3 is 14.4 Å². The van der Waals surface area contributed by atoms with Crippen molar-refractivity contribution in [2.75, 3.05) is 27.3 Å². The van der Waals surface area contributed by atoms with E-state index in [1.807, 2.05) is 0 Å². The number of halogens is 2. The molecule has 4 nitrogen and oxygen atoms in total. The van der Waals surface area contributed by atoms with Crippen LogP contribution in [0, 0.1) is 5.82 Å². The first-order chi connectivity index (χ1) is 11.0. The molecule has 0 heterocycles. The van der Waals surface area contributed by atoms with Crippen molar-refractivity contribution in [2.24, 2.45) is 0 Å². The van der Waals surface area contributed by atoms with Gasteiger partial charge in [-0.15, -0.1) is 0 Å². The molecular weight excluding hydrogens is 321 g/mol. The maximum atomic E-state index is 13.4. The molecule has 2 aromatic rings. The van der Waals surface area contributed by atoms with E-state index in [4.69, 9.17) is 21.1 Å². The average molecular weight is 338 g/mol. The molecule has 0 aliphatic heterocycles. The topological polar surface area (TPSA) is 38.8 Å². The van der Waals surface area contributed by atoms with Crippen LogP contribution in [0.5, 0.6) is 11.5 Å². The van der Waals surface area contributed by atoms with Crippen LogP contribution in [0.2, 0.25) is 5.02 Å². The molecule has 0 spiro atoms. The Hall–Kier alpha value is -2.27. The van der Waals surface area contributed by atoms with Gasteiger partial charge in [-0.3, -0.25) is 4.79 Å². The van der Waals surface area contributed by atoms with Gasteiger partial charge in [-0.2, -0.15) is 0 Å². The predicted molar refractivity (Wildman–Crippen MR) is 86.9 cm³/mol. The second kappa shape index (κ2) is 7.83. The second-order valence-corrected chi connectivity index (χ2v) is 5.29. The summed E-state index contributed by atoms with van der Waals surface area (Å²) in [6, 6.07) is 11.0. The zero-order valence-electron chi connectivity index (χ0n) is 12.9. The zero-order chi connectivity index (χ0) is 16.8. The number of amides is 1. The third kappa shape index (κ3) is 4.36. The molecule has 1 amide bonds. The summed E-state index contributed by atoms with van der Waals surface area (Å²) in [6.07, 6.45) is 0. The first-order valence-electron chi connectivity index (χ1n) is 6.99. The van der Waals surface area contributed by atoms with Crippen molar-refractivity contribution >= 4 is 17.5 Å². The summed E-state index contributed by atoms with van der Waals surface area (Å²) in [5.41, 5.74) is 0.369. The molecule has 0 N–H and O–H groups in total. The number of carbonyl (C=O) groups is 1. The molecule has 6 heteroatoms.